The molecule has 0 saturated carbocycles. The summed E-state index contributed by atoms with van der Waals surface area (Å²) in [6.45, 7) is 0. The normalized spacial score (nSPS) is 14.7. The van der Waals surface area contributed by atoms with Crippen molar-refractivity contribution in [2.24, 2.45) is 15.2 Å². The van der Waals surface area contributed by atoms with Gasteiger partial charge in [0.05, 0.1) is 5.56 Å². The first-order valence-corrected chi connectivity index (χ1v) is 4.07. The fourth-order valence-electron chi connectivity index (χ4n) is 1.01. The van der Waals surface area contributed by atoms with Gasteiger partial charge in [-0.1, -0.05) is 0 Å². The maximum Gasteiger partial charge on any atom is 0.242 e. The van der Waals surface area contributed by atoms with Crippen LogP contribution in [0.1, 0.15) is 5.56 Å². The minimum atomic E-state index is -0.729. The Kier molecular flexibility index (Phi) is 2.12. The molecular formula is C8H3F2N3S. The van der Waals surface area contributed by atoms with E-state index in [1.54, 1.807) is 0 Å². The summed E-state index contributed by atoms with van der Waals surface area (Å²) in [6, 6.07) is 3.13. The van der Waals surface area contributed by atoms with E-state index in [1.807, 2.05) is 0 Å². The largest absolute Gasteiger partial charge is 0.242 e. The van der Waals surface area contributed by atoms with Crippen molar-refractivity contribution >= 4 is 23.2 Å². The predicted octanol–water partition coefficient (Wildman–Crippen LogP) is 2.46. The first-order chi connectivity index (χ1) is 6.66. The highest BCUT2D eigenvalue weighted by molar-refractivity contribution is 7.80. The van der Waals surface area contributed by atoms with E-state index in [0.717, 1.165) is 12.1 Å². The fraction of sp³-hybridized carbons (Fsp3) is 0. The summed E-state index contributed by atoms with van der Waals surface area (Å²) < 4.78 is 25.7. The maximum absolute atomic E-state index is 13.2. The van der Waals surface area contributed by atoms with Crippen molar-refractivity contribution in [3.63, 3.8) is 0 Å². The van der Waals surface area contributed by atoms with E-state index >= 15 is 0 Å². The molecule has 0 N–H and O–H groups in total. The Morgan fingerprint density at radius 1 is 1.14 bits per heavy atom. The Balaban J connectivity index is 2.48. The molecule has 0 bridgehead atoms. The average Bonchev–Trinajstić information content (AvgIpc) is 2.51. The van der Waals surface area contributed by atoms with Gasteiger partial charge in [0.25, 0.3) is 0 Å². The van der Waals surface area contributed by atoms with Crippen molar-refractivity contribution in [3.05, 3.63) is 35.4 Å². The summed E-state index contributed by atoms with van der Waals surface area (Å²) >= 11 is 4.62. The number of hydrogen-bond donors (Lipinski definition) is 0. The molecule has 6 heteroatoms. The first kappa shape index (κ1) is 9.01. The second kappa shape index (κ2) is 3.30. The molecule has 1 aromatic rings. The van der Waals surface area contributed by atoms with Gasteiger partial charge in [0, 0.05) is 6.07 Å². The number of benzene rings is 1. The van der Waals surface area contributed by atoms with Crippen molar-refractivity contribution in [2.45, 2.75) is 0 Å². The van der Waals surface area contributed by atoms with Crippen molar-refractivity contribution in [1.82, 2.24) is 0 Å². The van der Waals surface area contributed by atoms with Crippen LogP contribution in [0.4, 0.5) is 8.78 Å². The first-order valence-electron chi connectivity index (χ1n) is 3.66. The molecule has 0 saturated heterocycles. The predicted molar refractivity (Wildman–Crippen MR) is 50.3 cm³/mol. The third-order valence-electron chi connectivity index (χ3n) is 1.60. The third-order valence-corrected chi connectivity index (χ3v) is 1.78. The van der Waals surface area contributed by atoms with Gasteiger partial charge in [-0.05, 0) is 24.4 Å². The minimum absolute atomic E-state index is 0.0451. The van der Waals surface area contributed by atoms with Gasteiger partial charge in [0.2, 0.25) is 5.11 Å². The van der Waals surface area contributed by atoms with Gasteiger partial charge in [-0.25, -0.2) is 8.78 Å². The van der Waals surface area contributed by atoms with Crippen LogP contribution in [0.3, 0.4) is 0 Å². The van der Waals surface area contributed by atoms with Crippen LogP contribution in [0.5, 0.6) is 0 Å². The molecule has 3 nitrogen and oxygen atoms in total. The number of thiocarbonyl (C=S) groups is 1. The molecule has 14 heavy (non-hydrogen) atoms. The Hall–Kier alpha value is -1.56. The highest BCUT2D eigenvalue weighted by Gasteiger charge is 2.14. The van der Waals surface area contributed by atoms with Crippen LogP contribution in [-0.2, 0) is 0 Å². The molecule has 0 aromatic heterocycles. The summed E-state index contributed by atoms with van der Waals surface area (Å²) in [6.07, 6.45) is 0. The van der Waals surface area contributed by atoms with Gasteiger partial charge in [0.1, 0.15) is 11.6 Å². The number of rotatable bonds is 1. The van der Waals surface area contributed by atoms with Crippen LogP contribution in [0.25, 0.3) is 0 Å². The molecule has 0 unspecified atom stereocenters. The Morgan fingerprint density at radius 2 is 1.93 bits per heavy atom. The summed E-state index contributed by atoms with van der Waals surface area (Å²) in [5.74, 6) is -1.30. The van der Waals surface area contributed by atoms with E-state index in [-0.39, 0.29) is 16.5 Å². The van der Waals surface area contributed by atoms with Crippen LogP contribution in [0.15, 0.2) is 33.4 Å². The van der Waals surface area contributed by atoms with Gasteiger partial charge in [-0.15, -0.1) is 10.2 Å². The highest BCUT2D eigenvalue weighted by atomic mass is 32.1. The summed E-state index contributed by atoms with van der Waals surface area (Å²) in [5, 5.41) is 7.04. The van der Waals surface area contributed by atoms with E-state index in [2.05, 4.69) is 27.4 Å². The van der Waals surface area contributed by atoms with Gasteiger partial charge in [-0.2, -0.15) is 4.99 Å². The Labute approximate surface area is 83.2 Å². The number of aliphatic imine (C=N–C) groups is 1. The number of halogens is 2. The van der Waals surface area contributed by atoms with Gasteiger partial charge < -0.3 is 0 Å². The highest BCUT2D eigenvalue weighted by Crippen LogP contribution is 2.14. The van der Waals surface area contributed by atoms with Gasteiger partial charge in [-0.3, -0.25) is 0 Å². The Bertz CT molecular complexity index is 468. The summed E-state index contributed by atoms with van der Waals surface area (Å²) in [4.78, 5) is 3.70. The van der Waals surface area contributed by atoms with Gasteiger partial charge >= 0.3 is 0 Å². The van der Waals surface area contributed by atoms with Crippen molar-refractivity contribution in [1.29, 1.82) is 0 Å². The molecule has 0 fully saturated rings. The van der Waals surface area contributed by atoms with Crippen LogP contribution < -0.4 is 0 Å². The van der Waals surface area contributed by atoms with Crippen molar-refractivity contribution < 1.29 is 8.78 Å². The summed E-state index contributed by atoms with van der Waals surface area (Å²) in [7, 11) is 0. The third kappa shape index (κ3) is 1.56. The number of nitrogens with zero attached hydrogens (tertiary/aromatic N) is 3. The van der Waals surface area contributed by atoms with Crippen molar-refractivity contribution in [3.8, 4) is 0 Å². The van der Waals surface area contributed by atoms with E-state index in [1.165, 1.54) is 6.07 Å². The number of amidine groups is 1. The summed E-state index contributed by atoms with van der Waals surface area (Å²) in [5.41, 5.74) is 0.0926. The van der Waals surface area contributed by atoms with E-state index < -0.39 is 11.6 Å². The average molecular weight is 211 g/mol. The molecule has 0 atom stereocenters. The topological polar surface area (TPSA) is 37.1 Å². The fourth-order valence-corrected chi connectivity index (χ4v) is 1.14. The second-order valence-corrected chi connectivity index (χ2v) is 2.91. The molecule has 0 radical (unpaired) electrons. The molecule has 0 spiro atoms. The lowest BCUT2D eigenvalue weighted by molar-refractivity contribution is 0.581. The maximum atomic E-state index is 13.2. The van der Waals surface area contributed by atoms with Crippen LogP contribution in [0.2, 0.25) is 0 Å². The molecule has 1 aliphatic heterocycles. The van der Waals surface area contributed by atoms with Crippen molar-refractivity contribution in [2.75, 3.05) is 0 Å². The lowest BCUT2D eigenvalue weighted by atomic mass is 10.2. The zero-order chi connectivity index (χ0) is 10.1. The zero-order valence-electron chi connectivity index (χ0n) is 6.74. The molecule has 1 aromatic carbocycles. The molecule has 0 amide bonds. The van der Waals surface area contributed by atoms with Crippen LogP contribution >= 0.6 is 12.2 Å². The minimum Gasteiger partial charge on any atom is -0.207 e. The quantitative estimate of drug-likeness (QED) is 0.657. The van der Waals surface area contributed by atoms with E-state index in [4.69, 9.17) is 0 Å². The molecule has 1 heterocycles. The number of azo groups is 1. The lowest BCUT2D eigenvalue weighted by Crippen LogP contribution is -1.99. The van der Waals surface area contributed by atoms with Crippen LogP contribution in [0, 0.1) is 11.6 Å². The monoisotopic (exact) mass is 211 g/mol. The van der Waals surface area contributed by atoms with E-state index in [9.17, 15) is 8.78 Å². The Morgan fingerprint density at radius 3 is 2.50 bits per heavy atom. The van der Waals surface area contributed by atoms with E-state index in [0.29, 0.717) is 0 Å². The smallest absolute Gasteiger partial charge is 0.207 e. The molecule has 1 aliphatic rings. The lowest BCUT2D eigenvalue weighted by Gasteiger charge is -1.97. The molecule has 2 rings (SSSR count). The number of hydrogen-bond acceptors (Lipinski definition) is 2. The SMILES string of the molecule is Fc1ccc(C2=NC(=S)N=N2)c(F)c1. The molecular weight excluding hydrogens is 208 g/mol. The standard InChI is InChI=1S/C8H3F2N3S/c9-4-1-2-5(6(10)3-4)7-11-8(14)13-12-7/h1-3H. The molecule has 0 aliphatic carbocycles. The van der Waals surface area contributed by atoms with Crippen LogP contribution in [-0.4, -0.2) is 10.9 Å². The molecule has 70 valence electrons. The zero-order valence-corrected chi connectivity index (χ0v) is 7.55. The van der Waals surface area contributed by atoms with Gasteiger partial charge in [0.15, 0.2) is 5.84 Å². The second-order valence-electron chi connectivity index (χ2n) is 2.54.